The van der Waals surface area contributed by atoms with Crippen molar-refractivity contribution in [2.24, 2.45) is 0 Å². The third kappa shape index (κ3) is 4.22. The van der Waals surface area contributed by atoms with E-state index in [-0.39, 0.29) is 11.8 Å². The van der Waals surface area contributed by atoms with Crippen LogP contribution in [-0.4, -0.2) is 43.8 Å². The van der Waals surface area contributed by atoms with Crippen LogP contribution < -0.4 is 15.5 Å². The Balaban J connectivity index is 1.48. The minimum Gasteiger partial charge on any atom is -0.447 e. The van der Waals surface area contributed by atoms with Crippen molar-refractivity contribution in [1.29, 1.82) is 0 Å². The van der Waals surface area contributed by atoms with E-state index in [0.29, 0.717) is 48.8 Å². The molecule has 8 heteroatoms. The number of nitrogens with zero attached hydrogens (tertiary/aromatic N) is 1. The highest BCUT2D eigenvalue weighted by molar-refractivity contribution is 6.08. The molecule has 3 amide bonds. The minimum absolute atomic E-state index is 0.210. The van der Waals surface area contributed by atoms with Crippen LogP contribution in [-0.2, 0) is 14.3 Å². The summed E-state index contributed by atoms with van der Waals surface area (Å²) in [6.07, 6.45) is 0.678. The van der Waals surface area contributed by atoms with Gasteiger partial charge >= 0.3 is 6.09 Å². The number of carbonyl (C=O) groups excluding carboxylic acids is 3. The molecule has 29 heavy (non-hydrogen) atoms. The average molecular weight is 395 g/mol. The zero-order valence-electron chi connectivity index (χ0n) is 15.7. The Morgan fingerprint density at radius 2 is 1.90 bits per heavy atom. The summed E-state index contributed by atoms with van der Waals surface area (Å²) in [5.41, 5.74) is 1.99. The van der Waals surface area contributed by atoms with Crippen LogP contribution in [0.3, 0.4) is 0 Å². The Morgan fingerprint density at radius 3 is 2.66 bits per heavy atom. The monoisotopic (exact) mass is 395 g/mol. The number of amides is 3. The first-order valence-electron chi connectivity index (χ1n) is 9.49. The van der Waals surface area contributed by atoms with Gasteiger partial charge in [-0.3, -0.25) is 14.5 Å². The van der Waals surface area contributed by atoms with Crippen molar-refractivity contribution in [3.05, 3.63) is 54.1 Å². The summed E-state index contributed by atoms with van der Waals surface area (Å²) in [6, 6.07) is 13.7. The van der Waals surface area contributed by atoms with Gasteiger partial charge in [-0.2, -0.15) is 0 Å². The summed E-state index contributed by atoms with van der Waals surface area (Å²) in [4.78, 5) is 38.4. The number of carbonyl (C=O) groups is 3. The number of benzene rings is 2. The maximum Gasteiger partial charge on any atom is 0.414 e. The Morgan fingerprint density at radius 1 is 1.03 bits per heavy atom. The van der Waals surface area contributed by atoms with Crippen LogP contribution in [0.2, 0.25) is 0 Å². The molecule has 0 radical (unpaired) electrons. The summed E-state index contributed by atoms with van der Waals surface area (Å²) in [5.74, 6) is -0.559. The standard InChI is InChI=1S/C21H21N3O5/c25-19(23-16-7-1-2-8-17(16)24-10-12-29-21(24)27)14-5-3-6-15(13-14)22-20(26)18-9-4-11-28-18/h1-3,5-8,13,18H,4,9-12H2,(H,22,26)(H,23,25). The number of anilines is 3. The van der Waals surface area contributed by atoms with Gasteiger partial charge in [0.25, 0.3) is 11.8 Å². The third-order valence-electron chi connectivity index (χ3n) is 4.82. The second kappa shape index (κ2) is 8.32. The SMILES string of the molecule is O=C(Nc1ccccc1N1CCOC1=O)c1cccc(NC(=O)C2CCCO2)c1. The largest absolute Gasteiger partial charge is 0.447 e. The highest BCUT2D eigenvalue weighted by Crippen LogP contribution is 2.28. The third-order valence-corrected chi connectivity index (χ3v) is 4.82. The average Bonchev–Trinajstić information content (AvgIpc) is 3.41. The highest BCUT2D eigenvalue weighted by atomic mass is 16.6. The number of hydrogen-bond donors (Lipinski definition) is 2. The Kier molecular flexibility index (Phi) is 5.44. The molecule has 2 aromatic carbocycles. The molecule has 0 aliphatic carbocycles. The molecule has 1 unspecified atom stereocenters. The Hall–Kier alpha value is -3.39. The normalized spacial score (nSPS) is 18.4. The molecule has 2 aromatic rings. The van der Waals surface area contributed by atoms with Crippen LogP contribution in [0, 0.1) is 0 Å². The quantitative estimate of drug-likeness (QED) is 0.811. The van der Waals surface area contributed by atoms with Gasteiger partial charge < -0.3 is 20.1 Å². The first kappa shape index (κ1) is 18.9. The number of para-hydroxylation sites is 2. The Labute approximate surface area is 167 Å². The van der Waals surface area contributed by atoms with Gasteiger partial charge in [0.2, 0.25) is 0 Å². The summed E-state index contributed by atoms with van der Waals surface area (Å²) in [5, 5.41) is 5.63. The minimum atomic E-state index is -0.445. The highest BCUT2D eigenvalue weighted by Gasteiger charge is 2.26. The molecule has 2 N–H and O–H groups in total. The first-order chi connectivity index (χ1) is 14.1. The second-order valence-electron chi connectivity index (χ2n) is 6.81. The molecule has 2 aliphatic heterocycles. The van der Waals surface area contributed by atoms with Crippen LogP contribution in [0.25, 0.3) is 0 Å². The number of nitrogens with one attached hydrogen (secondary N) is 2. The van der Waals surface area contributed by atoms with E-state index in [4.69, 9.17) is 9.47 Å². The predicted molar refractivity (Wildman–Crippen MR) is 107 cm³/mol. The smallest absolute Gasteiger partial charge is 0.414 e. The van der Waals surface area contributed by atoms with E-state index in [2.05, 4.69) is 10.6 Å². The zero-order chi connectivity index (χ0) is 20.2. The van der Waals surface area contributed by atoms with Crippen molar-refractivity contribution in [3.8, 4) is 0 Å². The second-order valence-corrected chi connectivity index (χ2v) is 6.81. The molecule has 0 bridgehead atoms. The topological polar surface area (TPSA) is 97.0 Å². The van der Waals surface area contributed by atoms with E-state index in [0.717, 1.165) is 6.42 Å². The molecule has 2 saturated heterocycles. The lowest BCUT2D eigenvalue weighted by molar-refractivity contribution is -0.124. The molecule has 8 nitrogen and oxygen atoms in total. The summed E-state index contributed by atoms with van der Waals surface area (Å²) >= 11 is 0. The molecule has 2 heterocycles. The van der Waals surface area contributed by atoms with Gasteiger partial charge in [-0.1, -0.05) is 18.2 Å². The van der Waals surface area contributed by atoms with E-state index >= 15 is 0 Å². The fourth-order valence-corrected chi connectivity index (χ4v) is 3.37. The fraction of sp³-hybridized carbons (Fsp3) is 0.286. The van der Waals surface area contributed by atoms with Gasteiger partial charge in [-0.05, 0) is 43.2 Å². The van der Waals surface area contributed by atoms with Crippen molar-refractivity contribution < 1.29 is 23.9 Å². The first-order valence-corrected chi connectivity index (χ1v) is 9.49. The van der Waals surface area contributed by atoms with Crippen LogP contribution >= 0.6 is 0 Å². The lowest BCUT2D eigenvalue weighted by atomic mass is 10.1. The van der Waals surface area contributed by atoms with Gasteiger partial charge in [0.15, 0.2) is 0 Å². The van der Waals surface area contributed by atoms with Crippen LogP contribution in [0.5, 0.6) is 0 Å². The molecule has 0 aromatic heterocycles. The van der Waals surface area contributed by atoms with E-state index in [1.165, 1.54) is 4.90 Å². The van der Waals surface area contributed by atoms with Gasteiger partial charge in [-0.25, -0.2) is 4.79 Å². The fourth-order valence-electron chi connectivity index (χ4n) is 3.37. The van der Waals surface area contributed by atoms with E-state index in [9.17, 15) is 14.4 Å². The number of cyclic esters (lactones) is 1. The summed E-state index contributed by atoms with van der Waals surface area (Å²) in [7, 11) is 0. The maximum atomic E-state index is 12.8. The lowest BCUT2D eigenvalue weighted by Crippen LogP contribution is -2.27. The molecular weight excluding hydrogens is 374 g/mol. The molecule has 0 saturated carbocycles. The van der Waals surface area contributed by atoms with Crippen molar-refractivity contribution >= 4 is 35.0 Å². The number of rotatable bonds is 5. The van der Waals surface area contributed by atoms with Crippen LogP contribution in [0.15, 0.2) is 48.5 Å². The molecular formula is C21H21N3O5. The van der Waals surface area contributed by atoms with Crippen molar-refractivity contribution in [2.45, 2.75) is 18.9 Å². The van der Waals surface area contributed by atoms with Crippen molar-refractivity contribution in [1.82, 2.24) is 0 Å². The molecule has 150 valence electrons. The van der Waals surface area contributed by atoms with Gasteiger partial charge in [-0.15, -0.1) is 0 Å². The van der Waals surface area contributed by atoms with Crippen LogP contribution in [0.1, 0.15) is 23.2 Å². The number of hydrogen-bond acceptors (Lipinski definition) is 5. The molecule has 1 atom stereocenters. The molecule has 2 aliphatic rings. The zero-order valence-corrected chi connectivity index (χ0v) is 15.7. The summed E-state index contributed by atoms with van der Waals surface area (Å²) in [6.45, 7) is 1.33. The van der Waals surface area contributed by atoms with Crippen molar-refractivity contribution in [2.75, 3.05) is 35.3 Å². The molecule has 0 spiro atoms. The van der Waals surface area contributed by atoms with E-state index < -0.39 is 12.2 Å². The van der Waals surface area contributed by atoms with Crippen LogP contribution in [0.4, 0.5) is 21.9 Å². The molecule has 4 rings (SSSR count). The van der Waals surface area contributed by atoms with E-state index in [1.54, 1.807) is 48.5 Å². The predicted octanol–water partition coefficient (Wildman–Crippen LogP) is 3.01. The maximum absolute atomic E-state index is 12.8. The Bertz CT molecular complexity index is 939. The summed E-state index contributed by atoms with van der Waals surface area (Å²) < 4.78 is 10.4. The van der Waals surface area contributed by atoms with Gasteiger partial charge in [0, 0.05) is 17.9 Å². The van der Waals surface area contributed by atoms with Gasteiger partial charge in [0.05, 0.1) is 17.9 Å². The van der Waals surface area contributed by atoms with Gasteiger partial charge in [0.1, 0.15) is 12.7 Å². The van der Waals surface area contributed by atoms with Crippen molar-refractivity contribution in [3.63, 3.8) is 0 Å². The lowest BCUT2D eigenvalue weighted by Gasteiger charge is -2.18. The number of ether oxygens (including phenoxy) is 2. The molecule has 2 fully saturated rings. The van der Waals surface area contributed by atoms with E-state index in [1.807, 2.05) is 0 Å².